The Morgan fingerprint density at radius 2 is 2.00 bits per heavy atom. The molecule has 0 aliphatic heterocycles. The molecule has 1 aromatic carbocycles. The first-order chi connectivity index (χ1) is 13.1. The van der Waals surface area contributed by atoms with Gasteiger partial charge in [0.05, 0.1) is 5.39 Å². The molecule has 144 valence electrons. The summed E-state index contributed by atoms with van der Waals surface area (Å²) < 4.78 is 13.1. The molecule has 2 aromatic heterocycles. The number of halogens is 1. The fourth-order valence-corrected chi connectivity index (χ4v) is 4.23. The van der Waals surface area contributed by atoms with E-state index >= 15 is 0 Å². The SMILES string of the molecule is CC(C)Cc1cc2c(NCCCNCCc3cccc(F)c3)ncnc2s1. The van der Waals surface area contributed by atoms with E-state index in [1.807, 2.05) is 6.07 Å². The van der Waals surface area contributed by atoms with Crippen molar-refractivity contribution in [1.82, 2.24) is 15.3 Å². The second-order valence-corrected chi connectivity index (χ2v) is 8.28. The molecule has 0 fully saturated rings. The van der Waals surface area contributed by atoms with Crippen molar-refractivity contribution in [3.63, 3.8) is 0 Å². The lowest BCUT2D eigenvalue weighted by Crippen LogP contribution is -2.20. The van der Waals surface area contributed by atoms with Gasteiger partial charge in [0.2, 0.25) is 0 Å². The van der Waals surface area contributed by atoms with Gasteiger partial charge in [-0.05, 0) is 62.0 Å². The number of benzene rings is 1. The van der Waals surface area contributed by atoms with Crippen LogP contribution in [0.5, 0.6) is 0 Å². The minimum atomic E-state index is -0.169. The Morgan fingerprint density at radius 1 is 1.11 bits per heavy atom. The number of thiophene rings is 1. The highest BCUT2D eigenvalue weighted by Crippen LogP contribution is 2.29. The zero-order valence-corrected chi connectivity index (χ0v) is 16.8. The van der Waals surface area contributed by atoms with E-state index in [0.717, 1.165) is 60.5 Å². The summed E-state index contributed by atoms with van der Waals surface area (Å²) in [7, 11) is 0. The van der Waals surface area contributed by atoms with Gasteiger partial charge in [0.15, 0.2) is 0 Å². The van der Waals surface area contributed by atoms with E-state index in [4.69, 9.17) is 0 Å². The van der Waals surface area contributed by atoms with Gasteiger partial charge in [0.1, 0.15) is 22.8 Å². The average Bonchev–Trinajstić information content (AvgIpc) is 3.03. The van der Waals surface area contributed by atoms with E-state index in [1.165, 1.54) is 10.9 Å². The van der Waals surface area contributed by atoms with Crippen molar-refractivity contribution in [2.75, 3.05) is 25.0 Å². The maximum absolute atomic E-state index is 13.1. The van der Waals surface area contributed by atoms with E-state index in [1.54, 1.807) is 29.8 Å². The van der Waals surface area contributed by atoms with Crippen LogP contribution >= 0.6 is 11.3 Å². The van der Waals surface area contributed by atoms with Crippen molar-refractivity contribution < 1.29 is 4.39 Å². The van der Waals surface area contributed by atoms with Crippen LogP contribution in [0, 0.1) is 11.7 Å². The molecule has 2 N–H and O–H groups in total. The third-order valence-electron chi connectivity index (χ3n) is 4.29. The van der Waals surface area contributed by atoms with Crippen LogP contribution in [0.3, 0.4) is 0 Å². The molecule has 0 atom stereocenters. The fraction of sp³-hybridized carbons (Fsp3) is 0.429. The molecular weight excluding hydrogens is 359 g/mol. The molecule has 0 radical (unpaired) electrons. The lowest BCUT2D eigenvalue weighted by molar-refractivity contribution is 0.621. The molecule has 6 heteroatoms. The van der Waals surface area contributed by atoms with Gasteiger partial charge in [-0.1, -0.05) is 26.0 Å². The molecule has 27 heavy (non-hydrogen) atoms. The van der Waals surface area contributed by atoms with Gasteiger partial charge in [-0.15, -0.1) is 11.3 Å². The standard InChI is InChI=1S/C21H27FN4S/c1-15(2)11-18-13-19-20(25-14-26-21(19)27-18)24-9-4-8-23-10-7-16-5-3-6-17(22)12-16/h3,5-6,12-15,23H,4,7-11H2,1-2H3,(H,24,25,26). The summed E-state index contributed by atoms with van der Waals surface area (Å²) in [6.07, 6.45) is 4.55. The molecular formula is C21H27FN4S. The summed E-state index contributed by atoms with van der Waals surface area (Å²) in [6, 6.07) is 9.01. The van der Waals surface area contributed by atoms with Gasteiger partial charge in [-0.3, -0.25) is 0 Å². The first-order valence-electron chi connectivity index (χ1n) is 9.54. The fourth-order valence-electron chi connectivity index (χ4n) is 3.02. The van der Waals surface area contributed by atoms with Gasteiger partial charge in [0, 0.05) is 11.4 Å². The monoisotopic (exact) mass is 386 g/mol. The molecule has 3 aromatic rings. The molecule has 0 saturated carbocycles. The number of hydrogen-bond donors (Lipinski definition) is 2. The van der Waals surface area contributed by atoms with Gasteiger partial charge < -0.3 is 10.6 Å². The molecule has 0 aliphatic rings. The van der Waals surface area contributed by atoms with Crippen molar-refractivity contribution in [3.8, 4) is 0 Å². The number of rotatable bonds is 10. The van der Waals surface area contributed by atoms with Crippen molar-refractivity contribution in [1.29, 1.82) is 0 Å². The zero-order valence-electron chi connectivity index (χ0n) is 16.0. The quantitative estimate of drug-likeness (QED) is 0.498. The van der Waals surface area contributed by atoms with Gasteiger partial charge in [-0.25, -0.2) is 14.4 Å². The highest BCUT2D eigenvalue weighted by Gasteiger charge is 2.09. The lowest BCUT2D eigenvalue weighted by atomic mass is 10.1. The summed E-state index contributed by atoms with van der Waals surface area (Å²) in [4.78, 5) is 11.2. The Hall–Kier alpha value is -2.05. The molecule has 0 saturated heterocycles. The maximum Gasteiger partial charge on any atom is 0.138 e. The first-order valence-corrected chi connectivity index (χ1v) is 10.4. The normalized spacial score (nSPS) is 11.4. The number of anilines is 1. The summed E-state index contributed by atoms with van der Waals surface area (Å²) in [6.45, 7) is 7.09. The highest BCUT2D eigenvalue weighted by atomic mass is 32.1. The van der Waals surface area contributed by atoms with Crippen LogP contribution in [-0.2, 0) is 12.8 Å². The molecule has 0 unspecified atom stereocenters. The third kappa shape index (κ3) is 5.97. The molecule has 3 rings (SSSR count). The largest absolute Gasteiger partial charge is 0.369 e. The number of fused-ring (bicyclic) bond motifs is 1. The van der Waals surface area contributed by atoms with E-state index in [9.17, 15) is 4.39 Å². The number of nitrogens with zero attached hydrogens (tertiary/aromatic N) is 2. The number of nitrogens with one attached hydrogen (secondary N) is 2. The third-order valence-corrected chi connectivity index (χ3v) is 5.36. The maximum atomic E-state index is 13.1. The van der Waals surface area contributed by atoms with E-state index in [-0.39, 0.29) is 5.82 Å². The minimum absolute atomic E-state index is 0.169. The van der Waals surface area contributed by atoms with Crippen LogP contribution < -0.4 is 10.6 Å². The summed E-state index contributed by atoms with van der Waals surface area (Å²) in [5.74, 6) is 1.39. The lowest BCUT2D eigenvalue weighted by Gasteiger charge is -2.08. The Bertz CT molecular complexity index is 862. The summed E-state index contributed by atoms with van der Waals surface area (Å²) >= 11 is 1.76. The highest BCUT2D eigenvalue weighted by molar-refractivity contribution is 7.18. The Kier molecular flexibility index (Phi) is 7.12. The Balaban J connectivity index is 1.40. The topological polar surface area (TPSA) is 49.8 Å². The second kappa shape index (κ2) is 9.76. The van der Waals surface area contributed by atoms with Crippen molar-refractivity contribution in [3.05, 3.63) is 52.9 Å². The second-order valence-electron chi connectivity index (χ2n) is 7.16. The predicted octanol–water partition coefficient (Wildman–Crippen LogP) is 4.66. The first kappa shape index (κ1) is 19.7. The van der Waals surface area contributed by atoms with Gasteiger partial charge in [0.25, 0.3) is 0 Å². The summed E-state index contributed by atoms with van der Waals surface area (Å²) in [5, 5.41) is 7.97. The number of aromatic nitrogens is 2. The van der Waals surface area contributed by atoms with Gasteiger partial charge >= 0.3 is 0 Å². The molecule has 0 amide bonds. The average molecular weight is 387 g/mol. The van der Waals surface area contributed by atoms with Gasteiger partial charge in [-0.2, -0.15) is 0 Å². The minimum Gasteiger partial charge on any atom is -0.369 e. The van der Waals surface area contributed by atoms with E-state index in [0.29, 0.717) is 5.92 Å². The smallest absolute Gasteiger partial charge is 0.138 e. The molecule has 4 nitrogen and oxygen atoms in total. The predicted molar refractivity (Wildman–Crippen MR) is 112 cm³/mol. The van der Waals surface area contributed by atoms with Crippen LogP contribution in [0.15, 0.2) is 36.7 Å². The van der Waals surface area contributed by atoms with Crippen molar-refractivity contribution >= 4 is 27.4 Å². The van der Waals surface area contributed by atoms with Crippen LogP contribution in [-0.4, -0.2) is 29.6 Å². The number of hydrogen-bond acceptors (Lipinski definition) is 5. The Morgan fingerprint density at radius 3 is 2.81 bits per heavy atom. The zero-order chi connectivity index (χ0) is 19.1. The molecule has 0 bridgehead atoms. The Labute approximate surface area is 164 Å². The molecule has 0 aliphatic carbocycles. The van der Waals surface area contributed by atoms with Crippen molar-refractivity contribution in [2.45, 2.75) is 33.1 Å². The van der Waals surface area contributed by atoms with E-state index < -0.39 is 0 Å². The molecule has 2 heterocycles. The summed E-state index contributed by atoms with van der Waals surface area (Å²) in [5.41, 5.74) is 1.03. The van der Waals surface area contributed by atoms with Crippen LogP contribution in [0.2, 0.25) is 0 Å². The van der Waals surface area contributed by atoms with Crippen LogP contribution in [0.1, 0.15) is 30.7 Å². The van der Waals surface area contributed by atoms with Crippen LogP contribution in [0.4, 0.5) is 10.2 Å². The van der Waals surface area contributed by atoms with Crippen molar-refractivity contribution in [2.24, 2.45) is 5.92 Å². The van der Waals surface area contributed by atoms with E-state index in [2.05, 4.69) is 40.5 Å². The van der Waals surface area contributed by atoms with Crippen LogP contribution in [0.25, 0.3) is 10.2 Å². The molecule has 0 spiro atoms.